The van der Waals surface area contributed by atoms with Gasteiger partial charge >= 0.3 is 0 Å². The van der Waals surface area contributed by atoms with E-state index in [2.05, 4.69) is 10.3 Å². The first kappa shape index (κ1) is 23.9. The Morgan fingerprint density at radius 3 is 2.59 bits per heavy atom. The summed E-state index contributed by atoms with van der Waals surface area (Å²) in [4.78, 5) is 32.7. The molecule has 8 heteroatoms. The molecule has 1 aromatic heterocycles. The zero-order chi connectivity index (χ0) is 24.1. The number of aromatic nitrogens is 1. The molecule has 2 atom stereocenters. The second-order valence-electron chi connectivity index (χ2n) is 8.28. The highest BCUT2D eigenvalue weighted by molar-refractivity contribution is 6.30. The first-order chi connectivity index (χ1) is 16.4. The average molecular weight is 479 g/mol. The van der Waals surface area contributed by atoms with Crippen molar-refractivity contribution in [1.29, 1.82) is 0 Å². The topological polar surface area (TPSA) is 109 Å². The minimum absolute atomic E-state index is 0.212. The maximum atomic E-state index is 13.8. The molecule has 4 rings (SSSR count). The molecule has 0 aliphatic carbocycles. The number of halogens is 1. The van der Waals surface area contributed by atoms with Crippen molar-refractivity contribution in [3.63, 3.8) is 0 Å². The number of hydrogen-bond donors (Lipinski definition) is 3. The molecule has 2 unspecified atom stereocenters. The maximum Gasteiger partial charge on any atom is 0.266 e. The molecule has 0 spiro atoms. The first-order valence-electron chi connectivity index (χ1n) is 11.2. The fourth-order valence-corrected chi connectivity index (χ4v) is 4.58. The molecule has 0 radical (unpaired) electrons. The lowest BCUT2D eigenvalue weighted by Crippen LogP contribution is -2.53. The van der Waals surface area contributed by atoms with Crippen LogP contribution in [0.4, 0.5) is 0 Å². The van der Waals surface area contributed by atoms with Crippen molar-refractivity contribution in [2.45, 2.75) is 37.6 Å². The summed E-state index contributed by atoms with van der Waals surface area (Å²) in [5, 5.41) is 15.2. The van der Waals surface area contributed by atoms with Crippen molar-refractivity contribution in [2.75, 3.05) is 6.54 Å². The number of rotatable bonds is 7. The molecule has 0 saturated carbocycles. The lowest BCUT2D eigenvalue weighted by Gasteiger charge is -2.34. The molecule has 34 heavy (non-hydrogen) atoms. The molecule has 1 aliphatic rings. The van der Waals surface area contributed by atoms with Crippen LogP contribution in [-0.2, 0) is 28.3 Å². The fraction of sp³-hybridized carbons (Fsp3) is 0.269. The lowest BCUT2D eigenvalue weighted by atomic mass is 9.88. The Kier molecular flexibility index (Phi) is 7.26. The van der Waals surface area contributed by atoms with Crippen LogP contribution in [-0.4, -0.2) is 39.4 Å². The van der Waals surface area contributed by atoms with Gasteiger partial charge in [0.25, 0.3) is 5.91 Å². The predicted octanol–water partition coefficient (Wildman–Crippen LogP) is 2.74. The third-order valence-electron chi connectivity index (χ3n) is 6.19. The van der Waals surface area contributed by atoms with E-state index in [1.165, 1.54) is 11.1 Å². The standard InChI is InChI=1S/C26H27ClN4O3/c27-21-12-11-18(16-28)19(15-21)17-30-24(32)22-9-6-14-31(22)25(33)26(34,20-7-2-1-3-8-20)23-10-4-5-13-29-23/h1-5,7-8,10-13,15,22,34H,6,9,14,16-17,28H2,(H,30,32). The van der Waals surface area contributed by atoms with E-state index in [1.54, 1.807) is 54.6 Å². The summed E-state index contributed by atoms with van der Waals surface area (Å²) in [6, 6.07) is 18.4. The molecule has 7 nitrogen and oxygen atoms in total. The summed E-state index contributed by atoms with van der Waals surface area (Å²) in [7, 11) is 0. The van der Waals surface area contributed by atoms with E-state index >= 15 is 0 Å². The SMILES string of the molecule is NCc1ccc(Cl)cc1CNC(=O)C1CCCN1C(=O)C(O)(c1ccccc1)c1ccccn1. The molecule has 4 N–H and O–H groups in total. The Bertz CT molecular complexity index is 1120. The van der Waals surface area contributed by atoms with Gasteiger partial charge in [-0.15, -0.1) is 0 Å². The summed E-state index contributed by atoms with van der Waals surface area (Å²) < 4.78 is 0. The smallest absolute Gasteiger partial charge is 0.266 e. The highest BCUT2D eigenvalue weighted by Gasteiger charge is 2.48. The molecular weight excluding hydrogens is 452 g/mol. The van der Waals surface area contributed by atoms with Gasteiger partial charge in [0.15, 0.2) is 0 Å². The van der Waals surface area contributed by atoms with E-state index < -0.39 is 17.6 Å². The zero-order valence-corrected chi connectivity index (χ0v) is 19.4. The molecule has 176 valence electrons. The zero-order valence-electron chi connectivity index (χ0n) is 18.7. The average Bonchev–Trinajstić information content (AvgIpc) is 3.37. The number of amides is 2. The largest absolute Gasteiger partial charge is 0.371 e. The Labute approximate surface area is 203 Å². The van der Waals surface area contributed by atoms with Gasteiger partial charge in [-0.3, -0.25) is 14.6 Å². The Morgan fingerprint density at radius 1 is 1.12 bits per heavy atom. The predicted molar refractivity (Wildman–Crippen MR) is 130 cm³/mol. The molecule has 1 fully saturated rings. The van der Waals surface area contributed by atoms with Crippen LogP contribution in [0.3, 0.4) is 0 Å². The summed E-state index contributed by atoms with van der Waals surface area (Å²) >= 11 is 6.11. The van der Waals surface area contributed by atoms with Gasteiger partial charge in [0.1, 0.15) is 6.04 Å². The highest BCUT2D eigenvalue weighted by atomic mass is 35.5. The summed E-state index contributed by atoms with van der Waals surface area (Å²) in [5.41, 5.74) is 6.12. The van der Waals surface area contributed by atoms with Gasteiger partial charge in [0.2, 0.25) is 11.5 Å². The number of benzene rings is 2. The van der Waals surface area contributed by atoms with Gasteiger partial charge in [-0.1, -0.05) is 54.1 Å². The minimum Gasteiger partial charge on any atom is -0.371 e. The Morgan fingerprint density at radius 2 is 1.88 bits per heavy atom. The Hall–Kier alpha value is -3.26. The van der Waals surface area contributed by atoms with Crippen LogP contribution < -0.4 is 11.1 Å². The van der Waals surface area contributed by atoms with Gasteiger partial charge < -0.3 is 21.1 Å². The minimum atomic E-state index is -2.01. The quantitative estimate of drug-likeness (QED) is 0.484. The first-order valence-corrected chi connectivity index (χ1v) is 11.6. The monoisotopic (exact) mass is 478 g/mol. The number of nitrogens with two attached hydrogens (primary N) is 1. The van der Waals surface area contributed by atoms with Gasteiger partial charge in [-0.2, -0.15) is 0 Å². The number of likely N-dealkylation sites (tertiary alicyclic amines) is 1. The normalized spacial score (nSPS) is 17.3. The van der Waals surface area contributed by atoms with E-state index in [1.807, 2.05) is 12.1 Å². The molecule has 3 aromatic rings. The highest BCUT2D eigenvalue weighted by Crippen LogP contribution is 2.33. The number of nitrogens with zero attached hydrogens (tertiary/aromatic N) is 2. The molecule has 1 aliphatic heterocycles. The maximum absolute atomic E-state index is 13.8. The van der Waals surface area contributed by atoms with Crippen LogP contribution in [0.5, 0.6) is 0 Å². The van der Waals surface area contributed by atoms with Crippen LogP contribution >= 0.6 is 11.6 Å². The van der Waals surface area contributed by atoms with Crippen LogP contribution in [0.25, 0.3) is 0 Å². The number of pyridine rings is 1. The number of carbonyl (C=O) groups excluding carboxylic acids is 2. The molecule has 1 saturated heterocycles. The third-order valence-corrected chi connectivity index (χ3v) is 6.43. The van der Waals surface area contributed by atoms with Crippen molar-refractivity contribution in [1.82, 2.24) is 15.2 Å². The second kappa shape index (κ2) is 10.3. The molecule has 0 bridgehead atoms. The van der Waals surface area contributed by atoms with Crippen molar-refractivity contribution < 1.29 is 14.7 Å². The van der Waals surface area contributed by atoms with Crippen molar-refractivity contribution >= 4 is 23.4 Å². The summed E-state index contributed by atoms with van der Waals surface area (Å²) in [5.74, 6) is -0.856. The summed E-state index contributed by atoms with van der Waals surface area (Å²) in [6.07, 6.45) is 2.69. The van der Waals surface area contributed by atoms with Gasteiger partial charge in [0, 0.05) is 30.9 Å². The third kappa shape index (κ3) is 4.68. The van der Waals surface area contributed by atoms with Crippen LogP contribution in [0.1, 0.15) is 35.2 Å². The van der Waals surface area contributed by atoms with Crippen LogP contribution in [0.15, 0.2) is 72.9 Å². The van der Waals surface area contributed by atoms with Crippen molar-refractivity contribution in [3.8, 4) is 0 Å². The lowest BCUT2D eigenvalue weighted by molar-refractivity contribution is -0.152. The van der Waals surface area contributed by atoms with E-state index in [9.17, 15) is 14.7 Å². The number of hydrogen-bond acceptors (Lipinski definition) is 5. The van der Waals surface area contributed by atoms with Gasteiger partial charge in [-0.05, 0) is 53.8 Å². The van der Waals surface area contributed by atoms with Crippen LogP contribution in [0, 0.1) is 0 Å². The van der Waals surface area contributed by atoms with E-state index in [-0.39, 0.29) is 18.1 Å². The van der Waals surface area contributed by atoms with Gasteiger partial charge in [0.05, 0.1) is 5.69 Å². The van der Waals surface area contributed by atoms with Crippen LogP contribution in [0.2, 0.25) is 5.02 Å². The molecule has 2 heterocycles. The number of nitrogens with one attached hydrogen (secondary N) is 1. The van der Waals surface area contributed by atoms with E-state index in [0.29, 0.717) is 36.5 Å². The molecular formula is C26H27ClN4O3. The number of carbonyl (C=O) groups is 2. The Balaban J connectivity index is 1.58. The van der Waals surface area contributed by atoms with Crippen molar-refractivity contribution in [2.24, 2.45) is 5.73 Å². The van der Waals surface area contributed by atoms with E-state index in [0.717, 1.165) is 11.1 Å². The fourth-order valence-electron chi connectivity index (χ4n) is 4.39. The van der Waals surface area contributed by atoms with Gasteiger partial charge in [-0.25, -0.2) is 0 Å². The number of aliphatic hydroxyl groups is 1. The van der Waals surface area contributed by atoms with Crippen molar-refractivity contribution in [3.05, 3.63) is 100 Å². The second-order valence-corrected chi connectivity index (χ2v) is 8.72. The molecule has 2 aromatic carbocycles. The summed E-state index contributed by atoms with van der Waals surface area (Å²) in [6.45, 7) is 0.933. The molecule has 2 amide bonds. The van der Waals surface area contributed by atoms with E-state index in [4.69, 9.17) is 17.3 Å².